The van der Waals surface area contributed by atoms with Gasteiger partial charge in [0.15, 0.2) is 0 Å². The molecule has 3 aromatic rings. The van der Waals surface area contributed by atoms with Crippen molar-refractivity contribution in [3.05, 3.63) is 66.3 Å². The highest BCUT2D eigenvalue weighted by atomic mass is 16.5. The fourth-order valence-electron chi connectivity index (χ4n) is 3.27. The molecule has 1 aliphatic rings. The Morgan fingerprint density at radius 1 is 0.931 bits per heavy atom. The lowest BCUT2D eigenvalue weighted by Gasteiger charge is -2.34. The van der Waals surface area contributed by atoms with Gasteiger partial charge >= 0.3 is 0 Å². The molecule has 0 spiro atoms. The van der Waals surface area contributed by atoms with Crippen molar-refractivity contribution >= 4 is 11.8 Å². The van der Waals surface area contributed by atoms with Crippen LogP contribution in [-0.2, 0) is 11.2 Å². The molecule has 2 amide bonds. The summed E-state index contributed by atoms with van der Waals surface area (Å²) in [5.41, 5.74) is 1.49. The van der Waals surface area contributed by atoms with E-state index in [0.717, 1.165) is 5.56 Å². The SMILES string of the molecule is O=C(CCc1nc(-c2ccncc2)no1)N1CCN(C(=O)c2ccccc2)CC1. The molecule has 3 heterocycles. The average Bonchev–Trinajstić information content (AvgIpc) is 3.27. The maximum atomic E-state index is 12.5. The highest BCUT2D eigenvalue weighted by Gasteiger charge is 2.25. The van der Waals surface area contributed by atoms with Crippen LogP contribution in [0.5, 0.6) is 0 Å². The minimum Gasteiger partial charge on any atom is -0.339 e. The van der Waals surface area contributed by atoms with Crippen molar-refractivity contribution in [2.24, 2.45) is 0 Å². The van der Waals surface area contributed by atoms with Gasteiger partial charge in [-0.25, -0.2) is 0 Å². The van der Waals surface area contributed by atoms with Crippen LogP contribution in [0.4, 0.5) is 0 Å². The molecule has 4 rings (SSSR count). The summed E-state index contributed by atoms with van der Waals surface area (Å²) in [6.07, 6.45) is 4.01. The van der Waals surface area contributed by atoms with Crippen LogP contribution in [0.15, 0.2) is 59.4 Å². The molecule has 148 valence electrons. The summed E-state index contributed by atoms with van der Waals surface area (Å²) < 4.78 is 5.25. The third kappa shape index (κ3) is 4.48. The monoisotopic (exact) mass is 391 g/mol. The second-order valence-electron chi connectivity index (χ2n) is 6.79. The number of carbonyl (C=O) groups is 2. The number of pyridine rings is 1. The van der Waals surface area contributed by atoms with E-state index in [1.54, 1.807) is 34.3 Å². The molecule has 1 aliphatic heterocycles. The van der Waals surface area contributed by atoms with E-state index in [1.165, 1.54) is 0 Å². The number of rotatable bonds is 5. The first-order valence-electron chi connectivity index (χ1n) is 9.56. The van der Waals surface area contributed by atoms with Gasteiger partial charge in [-0.1, -0.05) is 23.4 Å². The van der Waals surface area contributed by atoms with Crippen LogP contribution >= 0.6 is 0 Å². The number of aryl methyl sites for hydroxylation is 1. The number of hydrogen-bond donors (Lipinski definition) is 0. The van der Waals surface area contributed by atoms with Crippen LogP contribution in [0.25, 0.3) is 11.4 Å². The van der Waals surface area contributed by atoms with Crippen LogP contribution in [0.3, 0.4) is 0 Å². The second-order valence-corrected chi connectivity index (χ2v) is 6.79. The van der Waals surface area contributed by atoms with Gasteiger partial charge in [-0.05, 0) is 24.3 Å². The number of carbonyl (C=O) groups excluding carboxylic acids is 2. The van der Waals surface area contributed by atoms with Crippen LogP contribution < -0.4 is 0 Å². The van der Waals surface area contributed by atoms with Crippen LogP contribution in [0.2, 0.25) is 0 Å². The molecule has 0 saturated carbocycles. The Balaban J connectivity index is 1.26. The van der Waals surface area contributed by atoms with E-state index in [-0.39, 0.29) is 11.8 Å². The van der Waals surface area contributed by atoms with E-state index in [2.05, 4.69) is 15.1 Å². The summed E-state index contributed by atoms with van der Waals surface area (Å²) in [5.74, 6) is 0.957. The van der Waals surface area contributed by atoms with E-state index in [1.807, 2.05) is 30.3 Å². The number of hydrogen-bond acceptors (Lipinski definition) is 6. The molecule has 1 fully saturated rings. The number of aromatic nitrogens is 3. The molecule has 0 aliphatic carbocycles. The molecule has 1 aromatic carbocycles. The van der Waals surface area contributed by atoms with Crippen molar-refractivity contribution in [1.29, 1.82) is 0 Å². The van der Waals surface area contributed by atoms with Crippen molar-refractivity contribution in [2.45, 2.75) is 12.8 Å². The highest BCUT2D eigenvalue weighted by Crippen LogP contribution is 2.15. The summed E-state index contributed by atoms with van der Waals surface area (Å²) >= 11 is 0. The van der Waals surface area contributed by atoms with Crippen molar-refractivity contribution in [1.82, 2.24) is 24.9 Å². The lowest BCUT2D eigenvalue weighted by molar-refractivity contribution is -0.132. The molecule has 0 N–H and O–H groups in total. The number of amides is 2. The number of nitrogens with zero attached hydrogens (tertiary/aromatic N) is 5. The highest BCUT2D eigenvalue weighted by molar-refractivity contribution is 5.94. The Kier molecular flexibility index (Phi) is 5.60. The van der Waals surface area contributed by atoms with E-state index < -0.39 is 0 Å². The van der Waals surface area contributed by atoms with Gasteiger partial charge in [0.25, 0.3) is 5.91 Å². The fraction of sp³-hybridized carbons (Fsp3) is 0.286. The molecule has 8 heteroatoms. The first-order chi connectivity index (χ1) is 14.2. The molecule has 0 atom stereocenters. The van der Waals surface area contributed by atoms with Crippen molar-refractivity contribution in [3.8, 4) is 11.4 Å². The number of piperazine rings is 1. The Labute approximate surface area is 168 Å². The molecule has 0 bridgehead atoms. The molecular formula is C21H21N5O3. The topological polar surface area (TPSA) is 92.4 Å². The van der Waals surface area contributed by atoms with Gasteiger partial charge in [-0.3, -0.25) is 14.6 Å². The molecule has 0 radical (unpaired) electrons. The van der Waals surface area contributed by atoms with Gasteiger partial charge in [0.1, 0.15) is 0 Å². The van der Waals surface area contributed by atoms with Crippen LogP contribution in [-0.4, -0.2) is 62.9 Å². The zero-order valence-corrected chi connectivity index (χ0v) is 15.9. The second kappa shape index (κ2) is 8.64. The Morgan fingerprint density at radius 2 is 1.62 bits per heavy atom. The summed E-state index contributed by atoms with van der Waals surface area (Å²) in [5, 5.41) is 3.95. The van der Waals surface area contributed by atoms with Gasteiger partial charge < -0.3 is 14.3 Å². The predicted octanol–water partition coefficient (Wildman–Crippen LogP) is 2.05. The minimum atomic E-state index is 0.00667. The zero-order chi connectivity index (χ0) is 20.1. The van der Waals surface area contributed by atoms with E-state index in [4.69, 9.17) is 4.52 Å². The van der Waals surface area contributed by atoms with Crippen molar-refractivity contribution in [3.63, 3.8) is 0 Å². The average molecular weight is 391 g/mol. The molecule has 0 unspecified atom stereocenters. The Hall–Kier alpha value is -3.55. The van der Waals surface area contributed by atoms with Crippen molar-refractivity contribution < 1.29 is 14.1 Å². The van der Waals surface area contributed by atoms with Crippen molar-refractivity contribution in [2.75, 3.05) is 26.2 Å². The maximum Gasteiger partial charge on any atom is 0.253 e. The Morgan fingerprint density at radius 3 is 2.34 bits per heavy atom. The smallest absolute Gasteiger partial charge is 0.253 e. The zero-order valence-electron chi connectivity index (χ0n) is 15.9. The van der Waals surface area contributed by atoms with E-state index in [9.17, 15) is 9.59 Å². The first kappa shape index (κ1) is 18.8. The first-order valence-corrected chi connectivity index (χ1v) is 9.56. The summed E-state index contributed by atoms with van der Waals surface area (Å²) in [6, 6.07) is 12.8. The third-order valence-electron chi connectivity index (χ3n) is 4.90. The lowest BCUT2D eigenvalue weighted by atomic mass is 10.1. The Bertz CT molecular complexity index is 966. The van der Waals surface area contributed by atoms with Gasteiger partial charge in [-0.2, -0.15) is 4.98 Å². The summed E-state index contributed by atoms with van der Waals surface area (Å²) in [4.78, 5) is 36.9. The quantitative estimate of drug-likeness (QED) is 0.661. The number of benzene rings is 1. The molecule has 1 saturated heterocycles. The minimum absolute atomic E-state index is 0.00667. The van der Waals surface area contributed by atoms with E-state index >= 15 is 0 Å². The van der Waals surface area contributed by atoms with Gasteiger partial charge in [-0.15, -0.1) is 0 Å². The van der Waals surface area contributed by atoms with Gasteiger partial charge in [0, 0.05) is 62.5 Å². The molecule has 8 nitrogen and oxygen atoms in total. The van der Waals surface area contributed by atoms with Gasteiger partial charge in [0.2, 0.25) is 17.6 Å². The normalized spacial score (nSPS) is 14.1. The molecule has 2 aromatic heterocycles. The van der Waals surface area contributed by atoms with Crippen LogP contribution in [0.1, 0.15) is 22.7 Å². The predicted molar refractivity (Wildman–Crippen MR) is 105 cm³/mol. The van der Waals surface area contributed by atoms with Gasteiger partial charge in [0.05, 0.1) is 0 Å². The third-order valence-corrected chi connectivity index (χ3v) is 4.90. The molecule has 29 heavy (non-hydrogen) atoms. The van der Waals surface area contributed by atoms with E-state index in [0.29, 0.717) is 56.3 Å². The standard InChI is InChI=1S/C21H21N5O3/c27-19(7-6-18-23-20(24-29-18)16-8-10-22-11-9-16)25-12-14-26(15-13-25)21(28)17-4-2-1-3-5-17/h1-5,8-11H,6-7,12-15H2. The fourth-order valence-corrected chi connectivity index (χ4v) is 3.27. The molecular weight excluding hydrogens is 370 g/mol. The maximum absolute atomic E-state index is 12.5. The lowest BCUT2D eigenvalue weighted by Crippen LogP contribution is -2.50. The summed E-state index contributed by atoms with van der Waals surface area (Å²) in [7, 11) is 0. The summed E-state index contributed by atoms with van der Waals surface area (Å²) in [6.45, 7) is 2.13. The largest absolute Gasteiger partial charge is 0.339 e. The van der Waals surface area contributed by atoms with Crippen LogP contribution in [0, 0.1) is 0 Å².